The highest BCUT2D eigenvalue weighted by atomic mass is 79.9. The first-order valence-electron chi connectivity index (χ1n) is 5.06. The summed E-state index contributed by atoms with van der Waals surface area (Å²) in [6.07, 6.45) is 0. The molecule has 88 valence electrons. The second-order valence-electron chi connectivity index (χ2n) is 3.74. The van der Waals surface area contributed by atoms with Crippen LogP contribution >= 0.6 is 15.9 Å². The highest BCUT2D eigenvalue weighted by Crippen LogP contribution is 2.16. The molecule has 0 saturated carbocycles. The molecule has 0 atom stereocenters. The standard InChI is InChI=1S/C12H16BrNO2/c1-9-6-10(8-11(13)7-9)12(15)14(2)4-5-16-3/h6-8H,4-5H2,1-3H3. The molecular formula is C12H16BrNO2. The lowest BCUT2D eigenvalue weighted by atomic mass is 10.1. The van der Waals surface area contributed by atoms with Crippen molar-refractivity contribution < 1.29 is 9.53 Å². The van der Waals surface area contributed by atoms with Crippen LogP contribution in [0.15, 0.2) is 22.7 Å². The fourth-order valence-corrected chi connectivity index (χ4v) is 2.02. The topological polar surface area (TPSA) is 29.5 Å². The Morgan fingerprint density at radius 1 is 1.44 bits per heavy atom. The predicted octanol–water partition coefficient (Wildman–Crippen LogP) is 2.48. The Kier molecular flexibility index (Phi) is 4.96. The van der Waals surface area contributed by atoms with Gasteiger partial charge in [0.25, 0.3) is 5.91 Å². The molecule has 1 rings (SSSR count). The summed E-state index contributed by atoms with van der Waals surface area (Å²) < 4.78 is 5.87. The van der Waals surface area contributed by atoms with Crippen LogP contribution in [0.25, 0.3) is 0 Å². The van der Waals surface area contributed by atoms with Crippen LogP contribution in [0, 0.1) is 6.92 Å². The highest BCUT2D eigenvalue weighted by molar-refractivity contribution is 9.10. The lowest BCUT2D eigenvalue weighted by molar-refractivity contribution is 0.0744. The second kappa shape index (κ2) is 6.01. The maximum Gasteiger partial charge on any atom is 0.253 e. The number of amides is 1. The number of hydrogen-bond acceptors (Lipinski definition) is 2. The van der Waals surface area contributed by atoms with Gasteiger partial charge in [0.1, 0.15) is 0 Å². The van der Waals surface area contributed by atoms with E-state index in [0.29, 0.717) is 18.7 Å². The summed E-state index contributed by atoms with van der Waals surface area (Å²) in [5.74, 6) is 0.0152. The molecule has 0 unspecified atom stereocenters. The van der Waals surface area contributed by atoms with Crippen LogP contribution < -0.4 is 0 Å². The molecule has 0 radical (unpaired) electrons. The summed E-state index contributed by atoms with van der Waals surface area (Å²) in [6.45, 7) is 3.12. The molecule has 1 aromatic rings. The first-order valence-corrected chi connectivity index (χ1v) is 5.85. The Morgan fingerprint density at radius 2 is 2.12 bits per heavy atom. The van der Waals surface area contributed by atoms with Crippen molar-refractivity contribution in [2.75, 3.05) is 27.3 Å². The molecule has 1 aromatic carbocycles. The van der Waals surface area contributed by atoms with E-state index in [1.165, 1.54) is 0 Å². The van der Waals surface area contributed by atoms with Gasteiger partial charge >= 0.3 is 0 Å². The Morgan fingerprint density at radius 3 is 2.69 bits per heavy atom. The highest BCUT2D eigenvalue weighted by Gasteiger charge is 2.11. The molecule has 1 amide bonds. The van der Waals surface area contributed by atoms with Gasteiger partial charge in [-0.25, -0.2) is 0 Å². The van der Waals surface area contributed by atoms with E-state index in [1.54, 1.807) is 19.1 Å². The Labute approximate surface area is 105 Å². The number of ether oxygens (including phenoxy) is 1. The molecular weight excluding hydrogens is 270 g/mol. The van der Waals surface area contributed by atoms with Gasteiger partial charge < -0.3 is 9.64 Å². The molecule has 3 nitrogen and oxygen atoms in total. The van der Waals surface area contributed by atoms with E-state index >= 15 is 0 Å². The van der Waals surface area contributed by atoms with Crippen molar-refractivity contribution in [1.29, 1.82) is 0 Å². The molecule has 0 N–H and O–H groups in total. The summed E-state index contributed by atoms with van der Waals surface area (Å²) in [5, 5.41) is 0. The van der Waals surface area contributed by atoms with E-state index in [2.05, 4.69) is 15.9 Å². The summed E-state index contributed by atoms with van der Waals surface area (Å²) in [4.78, 5) is 13.7. The molecule has 4 heteroatoms. The van der Waals surface area contributed by atoms with Gasteiger partial charge in [-0.05, 0) is 30.7 Å². The Hall–Kier alpha value is -0.870. The zero-order chi connectivity index (χ0) is 12.1. The minimum absolute atomic E-state index is 0.0152. The number of likely N-dealkylation sites (N-methyl/N-ethyl adjacent to an activating group) is 1. The van der Waals surface area contributed by atoms with Crippen molar-refractivity contribution in [3.8, 4) is 0 Å². The maximum atomic E-state index is 12.0. The fraction of sp³-hybridized carbons (Fsp3) is 0.417. The van der Waals surface area contributed by atoms with Crippen LogP contribution in [0.3, 0.4) is 0 Å². The summed E-state index contributed by atoms with van der Waals surface area (Å²) in [5.41, 5.74) is 1.77. The monoisotopic (exact) mass is 285 g/mol. The smallest absolute Gasteiger partial charge is 0.253 e. The maximum absolute atomic E-state index is 12.0. The number of methoxy groups -OCH3 is 1. The number of benzene rings is 1. The van der Waals surface area contributed by atoms with Gasteiger partial charge in [0.05, 0.1) is 6.61 Å². The molecule has 0 saturated heterocycles. The summed E-state index contributed by atoms with van der Waals surface area (Å²) >= 11 is 3.39. The fourth-order valence-electron chi connectivity index (χ4n) is 1.41. The van der Waals surface area contributed by atoms with Gasteiger partial charge in [0, 0.05) is 30.7 Å². The van der Waals surface area contributed by atoms with Crippen molar-refractivity contribution in [1.82, 2.24) is 4.90 Å². The van der Waals surface area contributed by atoms with Gasteiger partial charge in [-0.2, -0.15) is 0 Å². The lowest BCUT2D eigenvalue weighted by Gasteiger charge is -2.17. The van der Waals surface area contributed by atoms with Crippen LogP contribution in [-0.2, 0) is 4.74 Å². The van der Waals surface area contributed by atoms with E-state index < -0.39 is 0 Å². The minimum Gasteiger partial charge on any atom is -0.383 e. The first-order chi connectivity index (χ1) is 7.54. The van der Waals surface area contributed by atoms with Crippen molar-refractivity contribution in [3.05, 3.63) is 33.8 Å². The average molecular weight is 286 g/mol. The normalized spacial score (nSPS) is 10.2. The number of carbonyl (C=O) groups is 1. The molecule has 0 aliphatic heterocycles. The minimum atomic E-state index is 0.0152. The van der Waals surface area contributed by atoms with Gasteiger partial charge in [-0.1, -0.05) is 15.9 Å². The average Bonchev–Trinajstić information content (AvgIpc) is 2.23. The third kappa shape index (κ3) is 3.61. The van der Waals surface area contributed by atoms with Gasteiger partial charge in [0.15, 0.2) is 0 Å². The largest absolute Gasteiger partial charge is 0.383 e. The third-order valence-electron chi connectivity index (χ3n) is 2.27. The van der Waals surface area contributed by atoms with Crippen LogP contribution in [-0.4, -0.2) is 38.1 Å². The van der Waals surface area contributed by atoms with Crippen LogP contribution in [0.4, 0.5) is 0 Å². The van der Waals surface area contributed by atoms with Crippen LogP contribution in [0.5, 0.6) is 0 Å². The molecule has 0 spiro atoms. The molecule has 0 fully saturated rings. The molecule has 0 aliphatic carbocycles. The van der Waals surface area contributed by atoms with E-state index in [0.717, 1.165) is 10.0 Å². The van der Waals surface area contributed by atoms with E-state index in [-0.39, 0.29) is 5.91 Å². The van der Waals surface area contributed by atoms with Crippen molar-refractivity contribution in [2.45, 2.75) is 6.92 Å². The number of hydrogen-bond donors (Lipinski definition) is 0. The molecule has 0 aromatic heterocycles. The van der Waals surface area contributed by atoms with Crippen molar-refractivity contribution in [2.24, 2.45) is 0 Å². The predicted molar refractivity (Wildman–Crippen MR) is 67.7 cm³/mol. The second-order valence-corrected chi connectivity index (χ2v) is 4.65. The van der Waals surface area contributed by atoms with Crippen molar-refractivity contribution in [3.63, 3.8) is 0 Å². The number of halogens is 1. The third-order valence-corrected chi connectivity index (χ3v) is 2.72. The quantitative estimate of drug-likeness (QED) is 0.851. The number of rotatable bonds is 4. The number of nitrogens with zero attached hydrogens (tertiary/aromatic N) is 1. The van der Waals surface area contributed by atoms with E-state index in [4.69, 9.17) is 4.74 Å². The first kappa shape index (κ1) is 13.2. The van der Waals surface area contributed by atoms with Crippen molar-refractivity contribution >= 4 is 21.8 Å². The van der Waals surface area contributed by atoms with Crippen LogP contribution in [0.2, 0.25) is 0 Å². The molecule has 0 heterocycles. The van der Waals surface area contributed by atoms with Gasteiger partial charge in [0.2, 0.25) is 0 Å². The summed E-state index contributed by atoms with van der Waals surface area (Å²) in [7, 11) is 3.40. The summed E-state index contributed by atoms with van der Waals surface area (Å²) in [6, 6.07) is 5.70. The Bertz CT molecular complexity index is 359. The van der Waals surface area contributed by atoms with Crippen LogP contribution in [0.1, 0.15) is 15.9 Å². The number of carbonyl (C=O) groups excluding carboxylic acids is 1. The zero-order valence-electron chi connectivity index (χ0n) is 9.79. The Balaban J connectivity index is 2.79. The molecule has 0 aliphatic rings. The molecule has 16 heavy (non-hydrogen) atoms. The van der Waals surface area contributed by atoms with E-state index in [9.17, 15) is 4.79 Å². The zero-order valence-corrected chi connectivity index (χ0v) is 11.4. The van der Waals surface area contributed by atoms with Gasteiger partial charge in [-0.3, -0.25) is 4.79 Å². The lowest BCUT2D eigenvalue weighted by Crippen LogP contribution is -2.29. The van der Waals surface area contributed by atoms with Gasteiger partial charge in [-0.15, -0.1) is 0 Å². The van der Waals surface area contributed by atoms with E-state index in [1.807, 2.05) is 25.1 Å². The number of aryl methyl sites for hydroxylation is 1. The molecule has 0 bridgehead atoms. The SMILES string of the molecule is COCCN(C)C(=O)c1cc(C)cc(Br)c1.